The summed E-state index contributed by atoms with van der Waals surface area (Å²) in [6.45, 7) is 4.38. The van der Waals surface area contributed by atoms with Gasteiger partial charge in [-0.1, -0.05) is 13.8 Å². The van der Waals surface area contributed by atoms with E-state index in [0.29, 0.717) is 18.7 Å². The zero-order valence-corrected chi connectivity index (χ0v) is 17.7. The summed E-state index contributed by atoms with van der Waals surface area (Å²) in [6.07, 6.45) is 1.35. The summed E-state index contributed by atoms with van der Waals surface area (Å²) in [4.78, 5) is 25.6. The lowest BCUT2D eigenvalue weighted by Crippen LogP contribution is -2.31. The fourth-order valence-corrected chi connectivity index (χ4v) is 4.94. The predicted octanol–water partition coefficient (Wildman–Crippen LogP) is 3.24. The van der Waals surface area contributed by atoms with E-state index in [1.165, 1.54) is 6.07 Å². The van der Waals surface area contributed by atoms with E-state index in [-0.39, 0.29) is 24.6 Å². The van der Waals surface area contributed by atoms with Crippen LogP contribution in [0.25, 0.3) is 0 Å². The van der Waals surface area contributed by atoms with Crippen LogP contribution in [-0.4, -0.2) is 44.2 Å². The van der Waals surface area contributed by atoms with Gasteiger partial charge in [-0.25, -0.2) is 12.8 Å². The lowest BCUT2D eigenvalue weighted by Gasteiger charge is -2.19. The molecule has 9 heteroatoms. The number of nitrogens with zero attached hydrogens (tertiary/aromatic N) is 2. The molecule has 7 nitrogen and oxygen atoms in total. The molecule has 0 unspecified atom stereocenters. The molecule has 0 spiro atoms. The number of halogens is 1. The Bertz CT molecular complexity index is 1050. The molecule has 160 valence electrons. The van der Waals surface area contributed by atoms with Gasteiger partial charge in [0.05, 0.1) is 0 Å². The first-order chi connectivity index (χ1) is 14.3. The van der Waals surface area contributed by atoms with Crippen molar-refractivity contribution in [2.45, 2.75) is 31.6 Å². The SMILES string of the molecule is CCN(CC)S(=O)(=O)c1cc(C(=O)Nc2ccc(N3CCCC3=O)cc2)ccc1F. The van der Waals surface area contributed by atoms with Gasteiger partial charge in [0.2, 0.25) is 15.9 Å². The third-order valence-electron chi connectivity index (χ3n) is 5.03. The molecule has 2 amide bonds. The van der Waals surface area contributed by atoms with Crippen LogP contribution in [0.2, 0.25) is 0 Å². The number of carbonyl (C=O) groups is 2. The molecule has 2 aromatic carbocycles. The van der Waals surface area contributed by atoms with E-state index in [0.717, 1.165) is 28.5 Å². The van der Waals surface area contributed by atoms with Crippen molar-refractivity contribution in [2.24, 2.45) is 0 Å². The summed E-state index contributed by atoms with van der Waals surface area (Å²) < 4.78 is 40.7. The Morgan fingerprint density at radius 1 is 1.13 bits per heavy atom. The van der Waals surface area contributed by atoms with Crippen molar-refractivity contribution in [1.82, 2.24) is 4.31 Å². The Balaban J connectivity index is 1.80. The Labute approximate surface area is 175 Å². The zero-order valence-electron chi connectivity index (χ0n) is 16.9. The van der Waals surface area contributed by atoms with Crippen LogP contribution in [0.4, 0.5) is 15.8 Å². The molecular formula is C21H24FN3O4S. The van der Waals surface area contributed by atoms with E-state index < -0.39 is 26.6 Å². The second-order valence-corrected chi connectivity index (χ2v) is 8.79. The normalized spacial score (nSPS) is 14.4. The first-order valence-electron chi connectivity index (χ1n) is 9.79. The molecule has 1 aliphatic rings. The number of amides is 2. The average Bonchev–Trinajstić information content (AvgIpc) is 3.15. The smallest absolute Gasteiger partial charge is 0.255 e. The zero-order chi connectivity index (χ0) is 21.9. The van der Waals surface area contributed by atoms with E-state index in [9.17, 15) is 22.4 Å². The van der Waals surface area contributed by atoms with Crippen molar-refractivity contribution < 1.29 is 22.4 Å². The standard InChI is InChI=1S/C21H24FN3O4S/c1-3-24(4-2)30(28,29)19-14-15(7-12-18(19)22)21(27)23-16-8-10-17(11-9-16)25-13-5-6-20(25)26/h7-12,14H,3-6,13H2,1-2H3,(H,23,27). The Kier molecular flexibility index (Phi) is 6.52. The highest BCUT2D eigenvalue weighted by Crippen LogP contribution is 2.24. The minimum atomic E-state index is -4.04. The molecule has 1 N–H and O–H groups in total. The van der Waals surface area contributed by atoms with Crippen LogP contribution in [0.5, 0.6) is 0 Å². The van der Waals surface area contributed by atoms with Crippen LogP contribution in [-0.2, 0) is 14.8 Å². The summed E-state index contributed by atoms with van der Waals surface area (Å²) in [5, 5.41) is 2.67. The largest absolute Gasteiger partial charge is 0.322 e. The van der Waals surface area contributed by atoms with Crippen molar-refractivity contribution in [3.05, 3.63) is 53.8 Å². The van der Waals surface area contributed by atoms with Crippen LogP contribution < -0.4 is 10.2 Å². The van der Waals surface area contributed by atoms with Gasteiger partial charge in [-0.15, -0.1) is 0 Å². The molecule has 30 heavy (non-hydrogen) atoms. The highest BCUT2D eigenvalue weighted by molar-refractivity contribution is 7.89. The number of rotatable bonds is 7. The molecule has 1 aliphatic heterocycles. The summed E-state index contributed by atoms with van der Waals surface area (Å²) in [5.74, 6) is -1.39. The lowest BCUT2D eigenvalue weighted by atomic mass is 10.2. The number of nitrogens with one attached hydrogen (secondary N) is 1. The summed E-state index contributed by atoms with van der Waals surface area (Å²) >= 11 is 0. The first kappa shape index (κ1) is 21.9. The maximum Gasteiger partial charge on any atom is 0.255 e. The van der Waals surface area contributed by atoms with Gasteiger partial charge >= 0.3 is 0 Å². The number of hydrogen-bond acceptors (Lipinski definition) is 4. The number of sulfonamides is 1. The fourth-order valence-electron chi connectivity index (χ4n) is 3.39. The number of benzene rings is 2. The molecule has 0 aromatic heterocycles. The first-order valence-corrected chi connectivity index (χ1v) is 11.2. The Morgan fingerprint density at radius 3 is 2.37 bits per heavy atom. The van der Waals surface area contributed by atoms with Crippen LogP contribution in [0.3, 0.4) is 0 Å². The third-order valence-corrected chi connectivity index (χ3v) is 7.09. The summed E-state index contributed by atoms with van der Waals surface area (Å²) in [6, 6.07) is 10.1. The van der Waals surface area contributed by atoms with Crippen molar-refractivity contribution >= 4 is 33.2 Å². The van der Waals surface area contributed by atoms with Crippen molar-refractivity contribution in [2.75, 3.05) is 29.9 Å². The highest BCUT2D eigenvalue weighted by atomic mass is 32.2. The van der Waals surface area contributed by atoms with Gasteiger partial charge in [0.25, 0.3) is 5.91 Å². The van der Waals surface area contributed by atoms with Crippen LogP contribution in [0.15, 0.2) is 47.4 Å². The molecule has 0 bridgehead atoms. The van der Waals surface area contributed by atoms with Gasteiger partial charge in [-0.3, -0.25) is 9.59 Å². The van der Waals surface area contributed by atoms with Crippen molar-refractivity contribution in [3.8, 4) is 0 Å². The molecule has 0 aliphatic carbocycles. The molecule has 2 aromatic rings. The van der Waals surface area contributed by atoms with E-state index in [1.54, 1.807) is 43.0 Å². The third kappa shape index (κ3) is 4.36. The van der Waals surface area contributed by atoms with Gasteiger partial charge in [-0.05, 0) is 48.9 Å². The van der Waals surface area contributed by atoms with Gasteiger partial charge in [0.15, 0.2) is 0 Å². The lowest BCUT2D eigenvalue weighted by molar-refractivity contribution is -0.117. The molecule has 1 fully saturated rings. The maximum atomic E-state index is 14.2. The second-order valence-electron chi connectivity index (χ2n) is 6.88. The number of anilines is 2. The van der Waals surface area contributed by atoms with Crippen LogP contribution in [0.1, 0.15) is 37.0 Å². The number of carbonyl (C=O) groups excluding carboxylic acids is 2. The molecule has 1 heterocycles. The fraction of sp³-hybridized carbons (Fsp3) is 0.333. The molecule has 3 rings (SSSR count). The van der Waals surface area contributed by atoms with E-state index in [2.05, 4.69) is 5.32 Å². The van der Waals surface area contributed by atoms with Gasteiger partial charge in [-0.2, -0.15) is 4.31 Å². The van der Waals surface area contributed by atoms with Gasteiger partial charge in [0, 0.05) is 43.0 Å². The molecule has 0 atom stereocenters. The second kappa shape index (κ2) is 8.93. The van der Waals surface area contributed by atoms with Crippen LogP contribution >= 0.6 is 0 Å². The maximum absolute atomic E-state index is 14.2. The summed E-state index contributed by atoms with van der Waals surface area (Å²) in [7, 11) is -4.04. The predicted molar refractivity (Wildman–Crippen MR) is 112 cm³/mol. The van der Waals surface area contributed by atoms with Crippen molar-refractivity contribution in [3.63, 3.8) is 0 Å². The molecule has 0 radical (unpaired) electrons. The molecular weight excluding hydrogens is 409 g/mol. The summed E-state index contributed by atoms with van der Waals surface area (Å²) in [5.41, 5.74) is 1.26. The van der Waals surface area contributed by atoms with Crippen molar-refractivity contribution in [1.29, 1.82) is 0 Å². The molecule has 0 saturated carbocycles. The van der Waals surface area contributed by atoms with E-state index in [1.807, 2.05) is 0 Å². The van der Waals surface area contributed by atoms with E-state index >= 15 is 0 Å². The minimum Gasteiger partial charge on any atom is -0.322 e. The molecule has 1 saturated heterocycles. The monoisotopic (exact) mass is 433 g/mol. The topological polar surface area (TPSA) is 86.8 Å². The Hall–Kier alpha value is -2.78. The number of hydrogen-bond donors (Lipinski definition) is 1. The minimum absolute atomic E-state index is 0.0286. The quantitative estimate of drug-likeness (QED) is 0.726. The van der Waals surface area contributed by atoms with Gasteiger partial charge in [0.1, 0.15) is 10.7 Å². The average molecular weight is 434 g/mol. The van der Waals surface area contributed by atoms with Gasteiger partial charge < -0.3 is 10.2 Å². The van der Waals surface area contributed by atoms with Crippen LogP contribution in [0, 0.1) is 5.82 Å². The highest BCUT2D eigenvalue weighted by Gasteiger charge is 2.26. The van der Waals surface area contributed by atoms with E-state index in [4.69, 9.17) is 0 Å². The Morgan fingerprint density at radius 2 is 1.80 bits per heavy atom.